The molecule has 0 heterocycles. The van der Waals surface area contributed by atoms with E-state index in [0.29, 0.717) is 6.54 Å². The van der Waals surface area contributed by atoms with Crippen LogP contribution in [0.25, 0.3) is 0 Å². The fraction of sp³-hybridized carbons (Fsp3) is 1.00. The molecule has 0 aliphatic rings. The van der Waals surface area contributed by atoms with Gasteiger partial charge >= 0.3 is 0 Å². The van der Waals surface area contributed by atoms with Gasteiger partial charge in [0, 0.05) is 19.8 Å². The van der Waals surface area contributed by atoms with Crippen molar-refractivity contribution in [1.29, 1.82) is 0 Å². The quantitative estimate of drug-likeness (QED) is 0.491. The van der Waals surface area contributed by atoms with Crippen molar-refractivity contribution in [3.05, 3.63) is 0 Å². The zero-order chi connectivity index (χ0) is 11.2. The van der Waals surface area contributed by atoms with E-state index in [1.165, 1.54) is 32.1 Å². The number of hydrogen-bond donors (Lipinski definition) is 2. The van der Waals surface area contributed by atoms with Crippen molar-refractivity contribution < 1.29 is 9.84 Å². The van der Waals surface area contributed by atoms with Crippen molar-refractivity contribution in [3.8, 4) is 0 Å². The second-order valence-electron chi connectivity index (χ2n) is 3.85. The summed E-state index contributed by atoms with van der Waals surface area (Å²) in [5.41, 5.74) is 0. The lowest BCUT2D eigenvalue weighted by Crippen LogP contribution is -2.20. The Balaban J connectivity index is 2.81. The molecule has 92 valence electrons. The van der Waals surface area contributed by atoms with E-state index in [0.717, 1.165) is 26.2 Å². The van der Waals surface area contributed by atoms with Crippen LogP contribution in [-0.2, 0) is 4.74 Å². The highest BCUT2D eigenvalue weighted by molar-refractivity contribution is 4.46. The van der Waals surface area contributed by atoms with Crippen molar-refractivity contribution in [2.24, 2.45) is 0 Å². The van der Waals surface area contributed by atoms with E-state index in [9.17, 15) is 0 Å². The third-order valence-corrected chi connectivity index (χ3v) is 2.32. The van der Waals surface area contributed by atoms with Crippen LogP contribution in [0.4, 0.5) is 0 Å². The van der Waals surface area contributed by atoms with Crippen molar-refractivity contribution in [2.75, 3.05) is 32.9 Å². The molecule has 0 unspecified atom stereocenters. The van der Waals surface area contributed by atoms with Crippen molar-refractivity contribution in [1.82, 2.24) is 5.32 Å². The first kappa shape index (κ1) is 14.9. The minimum Gasteiger partial charge on any atom is -0.395 e. The lowest BCUT2D eigenvalue weighted by atomic mass is 10.2. The second-order valence-corrected chi connectivity index (χ2v) is 3.85. The molecule has 0 aliphatic heterocycles. The second kappa shape index (κ2) is 13.9. The SMILES string of the molecule is CCCCCCCOCCCNCCO. The Labute approximate surface area is 94.2 Å². The first-order valence-electron chi connectivity index (χ1n) is 6.31. The topological polar surface area (TPSA) is 41.5 Å². The van der Waals surface area contributed by atoms with Crippen LogP contribution < -0.4 is 5.32 Å². The molecule has 0 aromatic carbocycles. The van der Waals surface area contributed by atoms with Crippen LogP contribution in [0.2, 0.25) is 0 Å². The van der Waals surface area contributed by atoms with Gasteiger partial charge in [-0.1, -0.05) is 32.6 Å². The first-order chi connectivity index (χ1) is 7.41. The molecule has 0 rings (SSSR count). The Morgan fingerprint density at radius 3 is 2.40 bits per heavy atom. The fourth-order valence-corrected chi connectivity index (χ4v) is 1.41. The molecular weight excluding hydrogens is 190 g/mol. The van der Waals surface area contributed by atoms with Crippen LogP contribution in [0, 0.1) is 0 Å². The largest absolute Gasteiger partial charge is 0.395 e. The van der Waals surface area contributed by atoms with E-state index < -0.39 is 0 Å². The van der Waals surface area contributed by atoms with E-state index in [-0.39, 0.29) is 6.61 Å². The maximum atomic E-state index is 8.52. The van der Waals surface area contributed by atoms with Crippen LogP contribution in [0.1, 0.15) is 45.4 Å². The summed E-state index contributed by atoms with van der Waals surface area (Å²) >= 11 is 0. The molecule has 15 heavy (non-hydrogen) atoms. The van der Waals surface area contributed by atoms with E-state index in [4.69, 9.17) is 9.84 Å². The molecule has 0 fully saturated rings. The van der Waals surface area contributed by atoms with Gasteiger partial charge in [-0.2, -0.15) is 0 Å². The normalized spacial score (nSPS) is 10.8. The molecular formula is C12H27NO2. The third-order valence-electron chi connectivity index (χ3n) is 2.32. The highest BCUT2D eigenvalue weighted by Crippen LogP contribution is 2.02. The first-order valence-corrected chi connectivity index (χ1v) is 6.31. The highest BCUT2D eigenvalue weighted by Gasteiger charge is 1.91. The van der Waals surface area contributed by atoms with Gasteiger partial charge in [-0.25, -0.2) is 0 Å². The molecule has 0 atom stereocenters. The summed E-state index contributed by atoms with van der Waals surface area (Å²) in [6.07, 6.45) is 7.54. The average molecular weight is 217 g/mol. The minimum absolute atomic E-state index is 0.221. The molecule has 0 spiro atoms. The number of aliphatic hydroxyl groups is 1. The summed E-state index contributed by atoms with van der Waals surface area (Å²) in [4.78, 5) is 0. The summed E-state index contributed by atoms with van der Waals surface area (Å²) in [7, 11) is 0. The number of nitrogens with one attached hydrogen (secondary N) is 1. The van der Waals surface area contributed by atoms with Gasteiger partial charge in [0.25, 0.3) is 0 Å². The predicted octanol–water partition coefficient (Wildman–Crippen LogP) is 1.95. The van der Waals surface area contributed by atoms with E-state index in [1.54, 1.807) is 0 Å². The highest BCUT2D eigenvalue weighted by atomic mass is 16.5. The average Bonchev–Trinajstić information content (AvgIpc) is 2.26. The van der Waals surface area contributed by atoms with Gasteiger partial charge in [-0.3, -0.25) is 0 Å². The van der Waals surface area contributed by atoms with Crippen LogP contribution in [-0.4, -0.2) is 38.0 Å². The van der Waals surface area contributed by atoms with Gasteiger partial charge in [0.1, 0.15) is 0 Å². The van der Waals surface area contributed by atoms with Crippen LogP contribution in [0.3, 0.4) is 0 Å². The Bertz CT molecular complexity index is 97.8. The fourth-order valence-electron chi connectivity index (χ4n) is 1.41. The predicted molar refractivity (Wildman–Crippen MR) is 64.2 cm³/mol. The maximum absolute atomic E-state index is 8.52. The van der Waals surface area contributed by atoms with Gasteiger partial charge in [0.15, 0.2) is 0 Å². The number of aliphatic hydroxyl groups excluding tert-OH is 1. The molecule has 3 nitrogen and oxygen atoms in total. The Morgan fingerprint density at radius 2 is 1.67 bits per heavy atom. The standard InChI is InChI=1S/C12H27NO2/c1-2-3-4-5-6-11-15-12-7-8-13-9-10-14/h13-14H,2-12H2,1H3. The number of rotatable bonds is 12. The van der Waals surface area contributed by atoms with Crippen LogP contribution in [0.5, 0.6) is 0 Å². The number of hydrogen-bond acceptors (Lipinski definition) is 3. The van der Waals surface area contributed by atoms with Gasteiger partial charge < -0.3 is 15.2 Å². The molecule has 0 radical (unpaired) electrons. The Kier molecular flexibility index (Phi) is 13.8. The lowest BCUT2D eigenvalue weighted by Gasteiger charge is -2.04. The molecule has 3 heteroatoms. The van der Waals surface area contributed by atoms with Crippen LogP contribution >= 0.6 is 0 Å². The molecule has 0 bridgehead atoms. The van der Waals surface area contributed by atoms with Gasteiger partial charge in [-0.15, -0.1) is 0 Å². The molecule has 0 saturated carbocycles. The zero-order valence-electron chi connectivity index (χ0n) is 10.1. The summed E-state index contributed by atoms with van der Waals surface area (Å²) in [6.45, 7) is 5.83. The molecule has 0 aromatic rings. The number of unbranched alkanes of at least 4 members (excludes halogenated alkanes) is 4. The number of ether oxygens (including phenoxy) is 1. The van der Waals surface area contributed by atoms with Crippen molar-refractivity contribution in [2.45, 2.75) is 45.4 Å². The molecule has 0 aromatic heterocycles. The molecule has 0 amide bonds. The molecule has 0 saturated heterocycles. The molecule has 0 aliphatic carbocycles. The van der Waals surface area contributed by atoms with Crippen molar-refractivity contribution in [3.63, 3.8) is 0 Å². The zero-order valence-corrected chi connectivity index (χ0v) is 10.1. The van der Waals surface area contributed by atoms with E-state index in [1.807, 2.05) is 0 Å². The maximum Gasteiger partial charge on any atom is 0.0555 e. The molecule has 2 N–H and O–H groups in total. The Morgan fingerprint density at radius 1 is 0.933 bits per heavy atom. The monoisotopic (exact) mass is 217 g/mol. The third kappa shape index (κ3) is 13.9. The van der Waals surface area contributed by atoms with Crippen LogP contribution in [0.15, 0.2) is 0 Å². The summed E-state index contributed by atoms with van der Waals surface area (Å²) < 4.78 is 5.49. The minimum atomic E-state index is 0.221. The Hall–Kier alpha value is -0.120. The summed E-state index contributed by atoms with van der Waals surface area (Å²) in [6, 6.07) is 0. The van der Waals surface area contributed by atoms with Gasteiger partial charge in [0.2, 0.25) is 0 Å². The smallest absolute Gasteiger partial charge is 0.0555 e. The van der Waals surface area contributed by atoms with E-state index >= 15 is 0 Å². The van der Waals surface area contributed by atoms with Gasteiger partial charge in [-0.05, 0) is 19.4 Å². The summed E-state index contributed by atoms with van der Waals surface area (Å²) in [5.74, 6) is 0. The lowest BCUT2D eigenvalue weighted by molar-refractivity contribution is 0.127. The summed E-state index contributed by atoms with van der Waals surface area (Å²) in [5, 5.41) is 11.6. The van der Waals surface area contributed by atoms with E-state index in [2.05, 4.69) is 12.2 Å². The van der Waals surface area contributed by atoms with Crippen molar-refractivity contribution >= 4 is 0 Å². The van der Waals surface area contributed by atoms with Gasteiger partial charge in [0.05, 0.1) is 6.61 Å².